The highest BCUT2D eigenvalue weighted by Crippen LogP contribution is 2.30. The molecule has 1 fully saturated rings. The molecular weight excluding hydrogens is 254 g/mol. The Labute approximate surface area is 121 Å². The Balaban J connectivity index is 1.90. The van der Waals surface area contributed by atoms with E-state index >= 15 is 0 Å². The predicted molar refractivity (Wildman–Crippen MR) is 82.9 cm³/mol. The Morgan fingerprint density at radius 3 is 2.79 bits per heavy atom. The minimum absolute atomic E-state index is 0.734. The zero-order valence-corrected chi connectivity index (χ0v) is 12.9. The van der Waals surface area contributed by atoms with Gasteiger partial charge >= 0.3 is 0 Å². The third-order valence-corrected chi connectivity index (χ3v) is 4.86. The molecule has 1 aliphatic heterocycles. The van der Waals surface area contributed by atoms with Gasteiger partial charge in [0.15, 0.2) is 0 Å². The average molecular weight is 279 g/mol. The van der Waals surface area contributed by atoms with Crippen molar-refractivity contribution in [1.82, 2.24) is 5.32 Å². The lowest BCUT2D eigenvalue weighted by molar-refractivity contribution is 0.100. The normalized spacial score (nSPS) is 16.7. The summed E-state index contributed by atoms with van der Waals surface area (Å²) < 4.78 is 5.41. The lowest BCUT2D eigenvalue weighted by atomic mass is 10.1. The van der Waals surface area contributed by atoms with Crippen molar-refractivity contribution in [1.29, 1.82) is 0 Å². The van der Waals surface area contributed by atoms with Crippen molar-refractivity contribution in [3.63, 3.8) is 0 Å². The number of ether oxygens (including phenoxy) is 1. The molecule has 0 atom stereocenters. The molecule has 0 bridgehead atoms. The SMILES string of the molecule is CCCNCc1ccc(SC2CCOCC2)cc1C. The highest BCUT2D eigenvalue weighted by molar-refractivity contribution is 8.00. The molecule has 3 heteroatoms. The van der Waals surface area contributed by atoms with E-state index in [-0.39, 0.29) is 0 Å². The van der Waals surface area contributed by atoms with Crippen LogP contribution >= 0.6 is 11.8 Å². The summed E-state index contributed by atoms with van der Waals surface area (Å²) in [6.45, 7) is 8.36. The molecule has 2 rings (SSSR count). The summed E-state index contributed by atoms with van der Waals surface area (Å²) in [6, 6.07) is 6.89. The molecule has 1 N–H and O–H groups in total. The molecule has 1 saturated heterocycles. The van der Waals surface area contributed by atoms with Crippen molar-refractivity contribution >= 4 is 11.8 Å². The van der Waals surface area contributed by atoms with Crippen LogP contribution in [0.15, 0.2) is 23.1 Å². The Bertz CT molecular complexity index is 388. The fraction of sp³-hybridized carbons (Fsp3) is 0.625. The molecule has 1 heterocycles. The monoisotopic (exact) mass is 279 g/mol. The van der Waals surface area contributed by atoms with Crippen molar-refractivity contribution in [3.05, 3.63) is 29.3 Å². The van der Waals surface area contributed by atoms with Crippen LogP contribution in [0.25, 0.3) is 0 Å². The van der Waals surface area contributed by atoms with Crippen LogP contribution in [0.3, 0.4) is 0 Å². The fourth-order valence-electron chi connectivity index (χ4n) is 2.33. The maximum Gasteiger partial charge on any atom is 0.0476 e. The zero-order chi connectivity index (χ0) is 13.5. The number of benzene rings is 1. The maximum atomic E-state index is 5.41. The van der Waals surface area contributed by atoms with Gasteiger partial charge in [0.2, 0.25) is 0 Å². The number of rotatable bonds is 6. The Morgan fingerprint density at radius 2 is 2.11 bits per heavy atom. The Morgan fingerprint density at radius 1 is 1.32 bits per heavy atom. The molecule has 0 spiro atoms. The number of hydrogen-bond donors (Lipinski definition) is 1. The van der Waals surface area contributed by atoms with Gasteiger partial charge in [-0.1, -0.05) is 13.0 Å². The van der Waals surface area contributed by atoms with E-state index in [0.29, 0.717) is 0 Å². The summed E-state index contributed by atoms with van der Waals surface area (Å²) in [7, 11) is 0. The van der Waals surface area contributed by atoms with E-state index in [2.05, 4.69) is 37.4 Å². The van der Waals surface area contributed by atoms with Gasteiger partial charge in [-0.25, -0.2) is 0 Å². The minimum atomic E-state index is 0.734. The molecule has 2 nitrogen and oxygen atoms in total. The largest absolute Gasteiger partial charge is 0.381 e. The minimum Gasteiger partial charge on any atom is -0.381 e. The van der Waals surface area contributed by atoms with E-state index in [1.165, 1.54) is 35.3 Å². The Hall–Kier alpha value is -0.510. The Kier molecular flexibility index (Phi) is 6.21. The van der Waals surface area contributed by atoms with Crippen molar-refractivity contribution < 1.29 is 4.74 Å². The second-order valence-electron chi connectivity index (χ2n) is 5.19. The lowest BCUT2D eigenvalue weighted by Crippen LogP contribution is -2.17. The first-order chi connectivity index (χ1) is 9.29. The standard InChI is InChI=1S/C16H25NOS/c1-3-8-17-12-14-4-5-16(11-13(14)2)19-15-6-9-18-10-7-15/h4-5,11,15,17H,3,6-10,12H2,1-2H3. The molecule has 0 amide bonds. The molecule has 1 aliphatic rings. The molecular formula is C16H25NOS. The van der Waals surface area contributed by atoms with Crippen LogP contribution in [0.5, 0.6) is 0 Å². The van der Waals surface area contributed by atoms with E-state index in [9.17, 15) is 0 Å². The zero-order valence-electron chi connectivity index (χ0n) is 12.1. The summed E-state index contributed by atoms with van der Waals surface area (Å²) in [5.74, 6) is 0. The van der Waals surface area contributed by atoms with Crippen LogP contribution in [0.1, 0.15) is 37.3 Å². The average Bonchev–Trinajstić information content (AvgIpc) is 2.43. The quantitative estimate of drug-likeness (QED) is 0.801. The number of nitrogens with one attached hydrogen (secondary N) is 1. The second kappa shape index (κ2) is 7.93. The van der Waals surface area contributed by atoms with Gasteiger partial charge in [-0.2, -0.15) is 0 Å². The van der Waals surface area contributed by atoms with Gasteiger partial charge in [0.1, 0.15) is 0 Å². The smallest absolute Gasteiger partial charge is 0.0476 e. The van der Waals surface area contributed by atoms with Crippen LogP contribution in [0.2, 0.25) is 0 Å². The van der Waals surface area contributed by atoms with Gasteiger partial charge in [0.25, 0.3) is 0 Å². The van der Waals surface area contributed by atoms with E-state index in [1.54, 1.807) is 0 Å². The van der Waals surface area contributed by atoms with Gasteiger partial charge in [-0.3, -0.25) is 0 Å². The van der Waals surface area contributed by atoms with Crippen molar-refractivity contribution in [3.8, 4) is 0 Å². The van der Waals surface area contributed by atoms with E-state index < -0.39 is 0 Å². The molecule has 1 aromatic rings. The number of hydrogen-bond acceptors (Lipinski definition) is 3. The van der Waals surface area contributed by atoms with E-state index in [1.807, 2.05) is 11.8 Å². The van der Waals surface area contributed by atoms with Crippen LogP contribution in [0, 0.1) is 6.92 Å². The van der Waals surface area contributed by atoms with Crippen molar-refractivity contribution in [2.75, 3.05) is 19.8 Å². The second-order valence-corrected chi connectivity index (χ2v) is 6.57. The molecule has 1 aromatic carbocycles. The summed E-state index contributed by atoms with van der Waals surface area (Å²) in [4.78, 5) is 1.41. The molecule has 19 heavy (non-hydrogen) atoms. The van der Waals surface area contributed by atoms with E-state index in [4.69, 9.17) is 4.74 Å². The predicted octanol–water partition coefficient (Wildman–Crippen LogP) is 3.77. The van der Waals surface area contributed by atoms with Gasteiger partial charge in [-0.05, 0) is 56.0 Å². The molecule has 0 unspecified atom stereocenters. The fourth-order valence-corrected chi connectivity index (χ4v) is 3.53. The lowest BCUT2D eigenvalue weighted by Gasteiger charge is -2.21. The summed E-state index contributed by atoms with van der Waals surface area (Å²) in [5.41, 5.74) is 2.82. The van der Waals surface area contributed by atoms with Gasteiger partial charge in [0, 0.05) is 29.9 Å². The highest BCUT2D eigenvalue weighted by atomic mass is 32.2. The van der Waals surface area contributed by atoms with Gasteiger partial charge in [-0.15, -0.1) is 11.8 Å². The summed E-state index contributed by atoms with van der Waals surface area (Å²) in [5, 5.41) is 4.20. The number of aryl methyl sites for hydroxylation is 1. The third kappa shape index (κ3) is 4.83. The molecule has 106 valence electrons. The van der Waals surface area contributed by atoms with Gasteiger partial charge in [0.05, 0.1) is 0 Å². The third-order valence-electron chi connectivity index (χ3n) is 3.53. The highest BCUT2D eigenvalue weighted by Gasteiger charge is 2.15. The van der Waals surface area contributed by atoms with Crippen LogP contribution in [0.4, 0.5) is 0 Å². The first-order valence-electron chi connectivity index (χ1n) is 7.34. The topological polar surface area (TPSA) is 21.3 Å². The molecule has 0 aliphatic carbocycles. The molecule has 0 radical (unpaired) electrons. The van der Waals surface area contributed by atoms with Crippen LogP contribution in [-0.4, -0.2) is 25.0 Å². The molecule has 0 aromatic heterocycles. The summed E-state index contributed by atoms with van der Waals surface area (Å²) in [6.07, 6.45) is 3.56. The summed E-state index contributed by atoms with van der Waals surface area (Å²) >= 11 is 2.02. The number of thioether (sulfide) groups is 1. The van der Waals surface area contributed by atoms with Crippen LogP contribution < -0.4 is 5.32 Å². The first-order valence-corrected chi connectivity index (χ1v) is 8.22. The van der Waals surface area contributed by atoms with Crippen molar-refractivity contribution in [2.24, 2.45) is 0 Å². The van der Waals surface area contributed by atoms with Crippen LogP contribution in [-0.2, 0) is 11.3 Å². The van der Waals surface area contributed by atoms with Gasteiger partial charge < -0.3 is 10.1 Å². The van der Waals surface area contributed by atoms with Crippen molar-refractivity contribution in [2.45, 2.75) is 49.8 Å². The van der Waals surface area contributed by atoms with E-state index in [0.717, 1.165) is 31.6 Å². The molecule has 0 saturated carbocycles. The first kappa shape index (κ1) is 14.9. The maximum absolute atomic E-state index is 5.41.